The molecule has 1 saturated carbocycles. The van der Waals surface area contributed by atoms with Gasteiger partial charge < -0.3 is 10.1 Å². The molecule has 0 aromatic heterocycles. The Balaban J connectivity index is 1.84. The van der Waals surface area contributed by atoms with Gasteiger partial charge in [-0.15, -0.1) is 0 Å². The Labute approximate surface area is 151 Å². The number of halogens is 3. The summed E-state index contributed by atoms with van der Waals surface area (Å²) in [6.07, 6.45) is -1.06. The number of carbonyl (C=O) groups excluding carboxylic acids is 2. The van der Waals surface area contributed by atoms with Crippen molar-refractivity contribution in [2.24, 2.45) is 0 Å². The van der Waals surface area contributed by atoms with E-state index in [0.717, 1.165) is 37.8 Å². The van der Waals surface area contributed by atoms with Gasteiger partial charge in [0.2, 0.25) is 5.91 Å². The van der Waals surface area contributed by atoms with Crippen LogP contribution < -0.4 is 5.32 Å². The number of Topliss-reactive ketones (excluding diaryl/α,β-unsaturated/α-hetero) is 1. The zero-order chi connectivity index (χ0) is 19.2. The van der Waals surface area contributed by atoms with Gasteiger partial charge in [0.1, 0.15) is 0 Å². The highest BCUT2D eigenvalue weighted by Crippen LogP contribution is 2.29. The molecule has 144 valence electrons. The van der Waals surface area contributed by atoms with Gasteiger partial charge in [-0.25, -0.2) is 0 Å². The number of rotatable bonds is 8. The molecular weight excluding hydrogens is 347 g/mol. The molecule has 4 nitrogen and oxygen atoms in total. The summed E-state index contributed by atoms with van der Waals surface area (Å²) in [6, 6.07) is 4.22. The summed E-state index contributed by atoms with van der Waals surface area (Å²) in [5, 5.41) is 2.88. The average molecular weight is 371 g/mol. The van der Waals surface area contributed by atoms with E-state index in [4.69, 9.17) is 4.74 Å². The number of amides is 1. The van der Waals surface area contributed by atoms with Crippen LogP contribution in [0.4, 0.5) is 13.2 Å². The van der Waals surface area contributed by atoms with E-state index in [0.29, 0.717) is 6.61 Å². The second kappa shape index (κ2) is 9.16. The van der Waals surface area contributed by atoms with Gasteiger partial charge in [-0.3, -0.25) is 9.59 Å². The second-order valence-corrected chi connectivity index (χ2v) is 6.52. The Bertz CT molecular complexity index is 631. The lowest BCUT2D eigenvalue weighted by atomic mass is 10.0. The third kappa shape index (κ3) is 5.83. The van der Waals surface area contributed by atoms with E-state index in [1.54, 1.807) is 0 Å². The van der Waals surface area contributed by atoms with Gasteiger partial charge in [0.25, 0.3) is 0 Å². The maximum absolute atomic E-state index is 12.7. The van der Waals surface area contributed by atoms with Crippen LogP contribution in [0.25, 0.3) is 0 Å². The number of hydrogen-bond acceptors (Lipinski definition) is 3. The van der Waals surface area contributed by atoms with Crippen molar-refractivity contribution in [3.63, 3.8) is 0 Å². The van der Waals surface area contributed by atoms with Crippen LogP contribution in [-0.2, 0) is 15.7 Å². The first-order chi connectivity index (χ1) is 12.3. The van der Waals surface area contributed by atoms with Crippen molar-refractivity contribution < 1.29 is 27.5 Å². The molecule has 1 aromatic carbocycles. The Kier molecular flexibility index (Phi) is 7.20. The molecule has 0 unspecified atom stereocenters. The van der Waals surface area contributed by atoms with Crippen molar-refractivity contribution in [2.75, 3.05) is 6.61 Å². The molecule has 7 heteroatoms. The first-order valence-corrected chi connectivity index (χ1v) is 8.92. The molecule has 0 saturated heterocycles. The number of benzene rings is 1. The number of nitrogens with one attached hydrogen (secondary N) is 1. The largest absolute Gasteiger partial charge is 0.416 e. The zero-order valence-corrected chi connectivity index (χ0v) is 14.8. The van der Waals surface area contributed by atoms with Crippen LogP contribution in [0.5, 0.6) is 0 Å². The van der Waals surface area contributed by atoms with E-state index >= 15 is 0 Å². The highest BCUT2D eigenvalue weighted by molar-refractivity contribution is 5.98. The van der Waals surface area contributed by atoms with Crippen LogP contribution in [0.2, 0.25) is 0 Å². The summed E-state index contributed by atoms with van der Waals surface area (Å²) in [5.74, 6) is -0.751. The summed E-state index contributed by atoms with van der Waals surface area (Å²) in [6.45, 7) is 2.66. The monoisotopic (exact) mass is 371 g/mol. The Morgan fingerprint density at radius 3 is 2.69 bits per heavy atom. The third-order valence-corrected chi connectivity index (χ3v) is 4.43. The molecule has 0 heterocycles. The predicted octanol–water partition coefficient (Wildman–Crippen LogP) is 4.13. The molecule has 2 rings (SSSR count). The lowest BCUT2D eigenvalue weighted by Crippen LogP contribution is -2.41. The summed E-state index contributed by atoms with van der Waals surface area (Å²) in [7, 11) is 0. The van der Waals surface area contributed by atoms with E-state index in [9.17, 15) is 22.8 Å². The zero-order valence-electron chi connectivity index (χ0n) is 14.8. The summed E-state index contributed by atoms with van der Waals surface area (Å²) in [4.78, 5) is 24.2. The minimum Gasteiger partial charge on any atom is -0.376 e. The molecule has 0 aliphatic heterocycles. The molecule has 1 N–H and O–H groups in total. The molecule has 1 aliphatic rings. The molecular formula is C19H24F3NO3. The van der Waals surface area contributed by atoms with Crippen molar-refractivity contribution in [3.8, 4) is 0 Å². The standard InChI is InChI=1S/C19H24F3NO3/c1-2-11-26-17-8-4-7-15(17)23-18(25)10-9-16(24)13-5-3-6-14(12-13)19(20,21)22/h3,5-6,12,15,17H,2,4,7-11H2,1H3,(H,23,25)/t15-,17-/m1/s1. The molecule has 0 radical (unpaired) electrons. The first-order valence-electron chi connectivity index (χ1n) is 8.92. The van der Waals surface area contributed by atoms with Crippen molar-refractivity contribution in [3.05, 3.63) is 35.4 Å². The van der Waals surface area contributed by atoms with Gasteiger partial charge in [0, 0.05) is 25.0 Å². The summed E-state index contributed by atoms with van der Waals surface area (Å²) >= 11 is 0. The van der Waals surface area contributed by atoms with Crippen LogP contribution in [0.15, 0.2) is 24.3 Å². The van der Waals surface area contributed by atoms with Crippen LogP contribution in [0.3, 0.4) is 0 Å². The minimum absolute atomic E-state index is 0.00179. The fourth-order valence-corrected chi connectivity index (χ4v) is 3.08. The quantitative estimate of drug-likeness (QED) is 0.699. The maximum Gasteiger partial charge on any atom is 0.416 e. The smallest absolute Gasteiger partial charge is 0.376 e. The lowest BCUT2D eigenvalue weighted by molar-refractivity contribution is -0.137. The SMILES string of the molecule is CCCO[C@@H]1CCC[C@H]1NC(=O)CCC(=O)c1cccc(C(F)(F)F)c1. The number of hydrogen-bond donors (Lipinski definition) is 1. The Morgan fingerprint density at radius 2 is 2.00 bits per heavy atom. The highest BCUT2D eigenvalue weighted by Gasteiger charge is 2.31. The fraction of sp³-hybridized carbons (Fsp3) is 0.579. The normalized spacial score (nSPS) is 20.2. The molecule has 0 spiro atoms. The molecule has 26 heavy (non-hydrogen) atoms. The van der Waals surface area contributed by atoms with Crippen molar-refractivity contribution >= 4 is 11.7 Å². The number of ketones is 1. The molecule has 1 aliphatic carbocycles. The second-order valence-electron chi connectivity index (χ2n) is 6.52. The number of alkyl halides is 3. The van der Waals surface area contributed by atoms with E-state index in [1.807, 2.05) is 6.92 Å². The fourth-order valence-electron chi connectivity index (χ4n) is 3.08. The van der Waals surface area contributed by atoms with Gasteiger partial charge >= 0.3 is 6.18 Å². The van der Waals surface area contributed by atoms with Crippen molar-refractivity contribution in [2.45, 2.75) is 63.8 Å². The lowest BCUT2D eigenvalue weighted by Gasteiger charge is -2.21. The van der Waals surface area contributed by atoms with Crippen molar-refractivity contribution in [1.82, 2.24) is 5.32 Å². The van der Waals surface area contributed by atoms with E-state index in [1.165, 1.54) is 12.1 Å². The minimum atomic E-state index is -4.50. The number of carbonyl (C=O) groups is 2. The first kappa shape index (κ1) is 20.4. The van der Waals surface area contributed by atoms with Crippen LogP contribution in [0.1, 0.15) is 61.4 Å². The molecule has 2 atom stereocenters. The van der Waals surface area contributed by atoms with E-state index in [2.05, 4.69) is 5.32 Å². The van der Waals surface area contributed by atoms with Crippen LogP contribution in [-0.4, -0.2) is 30.4 Å². The van der Waals surface area contributed by atoms with E-state index < -0.39 is 17.5 Å². The van der Waals surface area contributed by atoms with Gasteiger partial charge in [0.15, 0.2) is 5.78 Å². The number of ether oxygens (including phenoxy) is 1. The Hall–Kier alpha value is -1.89. The van der Waals surface area contributed by atoms with Crippen molar-refractivity contribution in [1.29, 1.82) is 0 Å². The van der Waals surface area contributed by atoms with Gasteiger partial charge in [-0.1, -0.05) is 19.1 Å². The molecule has 0 bridgehead atoms. The molecule has 1 fully saturated rings. The van der Waals surface area contributed by atoms with Crippen LogP contribution in [0, 0.1) is 0 Å². The topological polar surface area (TPSA) is 55.4 Å². The van der Waals surface area contributed by atoms with Crippen LogP contribution >= 0.6 is 0 Å². The predicted molar refractivity (Wildman–Crippen MR) is 90.8 cm³/mol. The molecule has 1 amide bonds. The maximum atomic E-state index is 12.7. The summed E-state index contributed by atoms with van der Waals surface area (Å²) in [5.41, 5.74) is -0.896. The van der Waals surface area contributed by atoms with Gasteiger partial charge in [-0.2, -0.15) is 13.2 Å². The third-order valence-electron chi connectivity index (χ3n) is 4.43. The Morgan fingerprint density at radius 1 is 1.23 bits per heavy atom. The van der Waals surface area contributed by atoms with Gasteiger partial charge in [-0.05, 0) is 37.8 Å². The average Bonchev–Trinajstić information content (AvgIpc) is 3.04. The summed E-state index contributed by atoms with van der Waals surface area (Å²) < 4.78 is 43.8. The highest BCUT2D eigenvalue weighted by atomic mass is 19.4. The van der Waals surface area contributed by atoms with E-state index in [-0.39, 0.29) is 36.5 Å². The molecule has 1 aromatic rings. The van der Waals surface area contributed by atoms with Gasteiger partial charge in [0.05, 0.1) is 17.7 Å².